The predicted molar refractivity (Wildman–Crippen MR) is 131 cm³/mol. The van der Waals surface area contributed by atoms with E-state index in [4.69, 9.17) is 4.74 Å². The van der Waals surface area contributed by atoms with Gasteiger partial charge in [-0.25, -0.2) is 14.0 Å². The van der Waals surface area contributed by atoms with Gasteiger partial charge >= 0.3 is 18.1 Å². The first kappa shape index (κ1) is 27.9. The predicted octanol–water partition coefficient (Wildman–Crippen LogP) is 4.75. The highest BCUT2D eigenvalue weighted by Crippen LogP contribution is 2.38. The van der Waals surface area contributed by atoms with Gasteiger partial charge in [0.05, 0.1) is 24.7 Å². The highest BCUT2D eigenvalue weighted by Gasteiger charge is 2.43. The number of halogens is 4. The third kappa shape index (κ3) is 5.79. The molecule has 2 N–H and O–H groups in total. The number of fused-ring (bicyclic) bond motifs is 1. The van der Waals surface area contributed by atoms with E-state index in [1.165, 1.54) is 31.5 Å². The highest BCUT2D eigenvalue weighted by atomic mass is 19.4. The molecule has 1 saturated carbocycles. The van der Waals surface area contributed by atoms with Crippen LogP contribution in [0.4, 0.5) is 23.2 Å². The number of nitrogens with one attached hydrogen (secondary N) is 2. The van der Waals surface area contributed by atoms with Crippen molar-refractivity contribution >= 4 is 34.4 Å². The van der Waals surface area contributed by atoms with E-state index in [2.05, 4.69) is 15.4 Å². The lowest BCUT2D eigenvalue weighted by molar-refractivity contribution is -0.189. The number of ether oxygens (including phenoxy) is 2. The number of esters is 2. The summed E-state index contributed by atoms with van der Waals surface area (Å²) in [5.41, 5.74) is -0.140. The average Bonchev–Trinajstić information content (AvgIpc) is 3.48. The Labute approximate surface area is 217 Å². The zero-order chi connectivity index (χ0) is 27.4. The molecule has 4 rings (SSSR count). The Balaban J connectivity index is 1.69. The van der Waals surface area contributed by atoms with Crippen LogP contribution in [0.2, 0.25) is 0 Å². The van der Waals surface area contributed by atoms with Gasteiger partial charge in [-0.3, -0.25) is 4.79 Å². The first-order chi connectivity index (χ1) is 18.2. The molecule has 8 nitrogen and oxygen atoms in total. The number of hydrogen-bond donors (Lipinski definition) is 2. The van der Waals surface area contributed by atoms with Gasteiger partial charge < -0.3 is 24.7 Å². The summed E-state index contributed by atoms with van der Waals surface area (Å²) in [6.45, 7) is 0.754. The van der Waals surface area contributed by atoms with Crippen molar-refractivity contribution in [1.82, 2.24) is 9.88 Å². The third-order valence-corrected chi connectivity index (χ3v) is 7.30. The number of carbonyl (C=O) groups is 3. The first-order valence-electron chi connectivity index (χ1n) is 12.9. The maximum absolute atomic E-state index is 13.4. The zero-order valence-electron chi connectivity index (χ0n) is 21.0. The SMILES string of the molecule is CCOC(=O)c1c(OC(=O)C(F)(F)F)c2cc(NC(=O)[C@@H]3NCC[C@H]3C3CCCCC3)ccc2n1CCF. The van der Waals surface area contributed by atoms with Gasteiger partial charge in [-0.05, 0) is 49.9 Å². The standard InChI is InChI=1S/C26H31F4N3O5/c1-2-37-24(35)21-22(38-25(36)26(28,29)30)18-14-16(8-9-19(18)33(21)13-11-27)32-23(34)20-17(10-12-31-20)15-6-4-3-5-7-15/h8-9,14-15,17,20,31H,2-7,10-13H2,1H3,(H,32,34)/t17-,20+/m0/s1. The van der Waals surface area contributed by atoms with E-state index < -0.39 is 48.8 Å². The van der Waals surface area contributed by atoms with Crippen LogP contribution in [0.5, 0.6) is 5.75 Å². The highest BCUT2D eigenvalue weighted by molar-refractivity contribution is 6.05. The number of anilines is 1. The molecule has 1 saturated heterocycles. The number of aryl methyl sites for hydroxylation is 1. The van der Waals surface area contributed by atoms with Gasteiger partial charge in [0, 0.05) is 11.1 Å². The quantitative estimate of drug-likeness (QED) is 0.370. The largest absolute Gasteiger partial charge is 0.491 e. The van der Waals surface area contributed by atoms with Gasteiger partial charge in [0.25, 0.3) is 0 Å². The van der Waals surface area contributed by atoms with Gasteiger partial charge in [0.2, 0.25) is 5.91 Å². The minimum atomic E-state index is -5.34. The van der Waals surface area contributed by atoms with E-state index in [0.29, 0.717) is 12.5 Å². The van der Waals surface area contributed by atoms with Crippen LogP contribution >= 0.6 is 0 Å². The van der Waals surface area contributed by atoms with Crippen LogP contribution in [0.15, 0.2) is 18.2 Å². The van der Waals surface area contributed by atoms with Gasteiger partial charge in [-0.2, -0.15) is 13.2 Å². The second-order valence-corrected chi connectivity index (χ2v) is 9.63. The Bertz CT molecular complexity index is 1190. The molecule has 0 radical (unpaired) electrons. The van der Waals surface area contributed by atoms with Crippen LogP contribution in [0, 0.1) is 11.8 Å². The molecular weight excluding hydrogens is 510 g/mol. The van der Waals surface area contributed by atoms with Crippen LogP contribution in [-0.2, 0) is 20.9 Å². The second kappa shape index (κ2) is 11.7. The molecule has 2 aromatic rings. The summed E-state index contributed by atoms with van der Waals surface area (Å²) in [5.74, 6) is -3.96. The van der Waals surface area contributed by atoms with Crippen molar-refractivity contribution in [2.45, 2.75) is 64.2 Å². The smallest absolute Gasteiger partial charge is 0.461 e. The maximum Gasteiger partial charge on any atom is 0.491 e. The molecule has 208 valence electrons. The van der Waals surface area contributed by atoms with Crippen molar-refractivity contribution in [3.8, 4) is 5.75 Å². The van der Waals surface area contributed by atoms with Gasteiger partial charge in [-0.15, -0.1) is 0 Å². The molecule has 1 aromatic carbocycles. The molecule has 1 aliphatic carbocycles. The van der Waals surface area contributed by atoms with E-state index in [0.717, 1.165) is 36.7 Å². The lowest BCUT2D eigenvalue weighted by Gasteiger charge is -2.30. The van der Waals surface area contributed by atoms with E-state index in [9.17, 15) is 31.9 Å². The Hall–Kier alpha value is -3.15. The average molecular weight is 542 g/mol. The molecule has 2 atom stereocenters. The van der Waals surface area contributed by atoms with Crippen LogP contribution in [-0.4, -0.2) is 54.5 Å². The number of rotatable bonds is 8. The minimum Gasteiger partial charge on any atom is -0.461 e. The fraction of sp³-hybridized carbons (Fsp3) is 0.577. The Morgan fingerprint density at radius 1 is 1.13 bits per heavy atom. The molecule has 1 amide bonds. The number of aromatic nitrogens is 1. The van der Waals surface area contributed by atoms with Crippen LogP contribution < -0.4 is 15.4 Å². The minimum absolute atomic E-state index is 0.0693. The van der Waals surface area contributed by atoms with Crippen molar-refractivity contribution in [3.05, 3.63) is 23.9 Å². The molecule has 38 heavy (non-hydrogen) atoms. The van der Waals surface area contributed by atoms with E-state index in [-0.39, 0.29) is 35.0 Å². The lowest BCUT2D eigenvalue weighted by Crippen LogP contribution is -2.42. The molecular formula is C26H31F4N3O5. The van der Waals surface area contributed by atoms with E-state index >= 15 is 0 Å². The third-order valence-electron chi connectivity index (χ3n) is 7.30. The fourth-order valence-corrected chi connectivity index (χ4v) is 5.68. The van der Waals surface area contributed by atoms with Gasteiger partial charge in [0.1, 0.15) is 6.67 Å². The number of amides is 1. The molecule has 0 bridgehead atoms. The maximum atomic E-state index is 13.4. The van der Waals surface area contributed by atoms with Crippen LogP contribution in [0.25, 0.3) is 10.9 Å². The molecule has 0 unspecified atom stereocenters. The molecule has 1 aliphatic heterocycles. The van der Waals surface area contributed by atoms with Crippen molar-refractivity contribution in [2.24, 2.45) is 11.8 Å². The molecule has 2 aliphatic rings. The summed E-state index contributed by atoms with van der Waals surface area (Å²) in [6.07, 6.45) is 1.19. The summed E-state index contributed by atoms with van der Waals surface area (Å²) in [5, 5.41) is 6.00. The summed E-state index contributed by atoms with van der Waals surface area (Å²) < 4.78 is 63.3. The monoisotopic (exact) mass is 541 g/mol. The van der Waals surface area contributed by atoms with E-state index in [1.54, 1.807) is 0 Å². The Kier molecular flexibility index (Phi) is 8.59. The summed E-state index contributed by atoms with van der Waals surface area (Å²) in [7, 11) is 0. The fourth-order valence-electron chi connectivity index (χ4n) is 5.68. The molecule has 2 fully saturated rings. The topological polar surface area (TPSA) is 98.7 Å². The van der Waals surface area contributed by atoms with E-state index in [1.807, 2.05) is 0 Å². The van der Waals surface area contributed by atoms with Crippen molar-refractivity contribution < 1.29 is 41.4 Å². The van der Waals surface area contributed by atoms with Crippen molar-refractivity contribution in [3.63, 3.8) is 0 Å². The van der Waals surface area contributed by atoms with Gasteiger partial charge in [-0.1, -0.05) is 32.1 Å². The van der Waals surface area contributed by atoms with Crippen molar-refractivity contribution in [2.75, 3.05) is 25.1 Å². The molecule has 2 heterocycles. The van der Waals surface area contributed by atoms with Crippen molar-refractivity contribution in [1.29, 1.82) is 0 Å². The summed E-state index contributed by atoms with van der Waals surface area (Å²) in [4.78, 5) is 37.6. The first-order valence-corrected chi connectivity index (χ1v) is 12.9. The molecule has 12 heteroatoms. The zero-order valence-corrected chi connectivity index (χ0v) is 21.0. The van der Waals surface area contributed by atoms with Crippen LogP contribution in [0.3, 0.4) is 0 Å². The molecule has 0 spiro atoms. The number of alkyl halides is 4. The number of benzene rings is 1. The van der Waals surface area contributed by atoms with Crippen LogP contribution in [0.1, 0.15) is 55.9 Å². The number of carbonyl (C=O) groups excluding carboxylic acids is 3. The van der Waals surface area contributed by atoms with Gasteiger partial charge in [0.15, 0.2) is 11.4 Å². The Morgan fingerprint density at radius 3 is 2.53 bits per heavy atom. The normalized spacial score (nSPS) is 20.4. The molecule has 1 aromatic heterocycles. The number of hydrogen-bond acceptors (Lipinski definition) is 6. The Morgan fingerprint density at radius 2 is 1.87 bits per heavy atom. The second-order valence-electron chi connectivity index (χ2n) is 9.63. The summed E-state index contributed by atoms with van der Waals surface area (Å²) in [6, 6.07) is 3.83. The number of nitrogens with zero attached hydrogens (tertiary/aromatic N) is 1. The summed E-state index contributed by atoms with van der Waals surface area (Å²) >= 11 is 0. The lowest BCUT2D eigenvalue weighted by atomic mass is 9.76.